The van der Waals surface area contributed by atoms with Gasteiger partial charge in [0.15, 0.2) is 0 Å². The predicted molar refractivity (Wildman–Crippen MR) is 101 cm³/mol. The first-order valence-corrected chi connectivity index (χ1v) is 8.74. The van der Waals surface area contributed by atoms with Crippen molar-refractivity contribution in [1.82, 2.24) is 10.0 Å². The highest BCUT2D eigenvalue weighted by Gasteiger charge is 2.11. The molecule has 0 bridgehead atoms. The number of urea groups is 1. The van der Waals surface area contributed by atoms with E-state index in [9.17, 15) is 10.0 Å². The largest absolute Gasteiger partial charge is 0.350 e. The molecule has 3 aromatic rings. The minimum atomic E-state index is -0.869. The topological polar surface area (TPSA) is 79.4 Å². The van der Waals surface area contributed by atoms with Crippen LogP contribution >= 0.6 is 11.3 Å². The Labute approximate surface area is 150 Å². The lowest BCUT2D eigenvalue weighted by molar-refractivity contribution is -0.0560. The number of carbonyl (C=O) groups is 1. The van der Waals surface area contributed by atoms with Gasteiger partial charge in [-0.1, -0.05) is 30.3 Å². The number of hydrogen-bond donors (Lipinski definition) is 2. The molecule has 2 amide bonds. The third kappa shape index (κ3) is 4.23. The second kappa shape index (κ2) is 7.46. The number of hydroxylamine groups is 2. The summed E-state index contributed by atoms with van der Waals surface area (Å²) in [4.78, 5) is 17.8. The maximum Gasteiger partial charge on any atom is 0.339 e. The van der Waals surface area contributed by atoms with Crippen molar-refractivity contribution in [2.24, 2.45) is 5.73 Å². The van der Waals surface area contributed by atoms with Crippen LogP contribution in [0.25, 0.3) is 17.0 Å². The maximum absolute atomic E-state index is 10.9. The summed E-state index contributed by atoms with van der Waals surface area (Å²) in [7, 11) is 0. The Kier molecular flexibility index (Phi) is 5.11. The zero-order valence-electron chi connectivity index (χ0n) is 13.8. The summed E-state index contributed by atoms with van der Waals surface area (Å²) in [5, 5.41) is 11.1. The van der Waals surface area contributed by atoms with Crippen LogP contribution in [0.2, 0.25) is 0 Å². The van der Waals surface area contributed by atoms with Gasteiger partial charge in [-0.3, -0.25) is 10.2 Å². The van der Waals surface area contributed by atoms with Crippen LogP contribution in [-0.4, -0.2) is 27.3 Å². The highest BCUT2D eigenvalue weighted by atomic mass is 32.1. The Hall–Kier alpha value is -2.70. The highest BCUT2D eigenvalue weighted by molar-refractivity contribution is 7.12. The lowest BCUT2D eigenvalue weighted by atomic mass is 10.1. The number of rotatable bonds is 5. The van der Waals surface area contributed by atoms with E-state index in [2.05, 4.69) is 24.3 Å². The Morgan fingerprint density at radius 3 is 2.88 bits per heavy atom. The van der Waals surface area contributed by atoms with Gasteiger partial charge in [-0.15, -0.1) is 11.3 Å². The van der Waals surface area contributed by atoms with Crippen molar-refractivity contribution in [1.29, 1.82) is 0 Å². The Morgan fingerprint density at radius 2 is 2.08 bits per heavy atom. The SMILES string of the molecule is C[C@H](/C=C\c1ccc(Cc2ccc3ccccc3n2)s1)N(O)C(N)=O. The average molecular weight is 353 g/mol. The summed E-state index contributed by atoms with van der Waals surface area (Å²) in [6, 6.07) is 14.9. The first-order chi connectivity index (χ1) is 12.0. The van der Waals surface area contributed by atoms with Crippen molar-refractivity contribution in [2.75, 3.05) is 0 Å². The minimum Gasteiger partial charge on any atom is -0.350 e. The smallest absolute Gasteiger partial charge is 0.339 e. The van der Waals surface area contributed by atoms with Gasteiger partial charge >= 0.3 is 6.03 Å². The molecule has 25 heavy (non-hydrogen) atoms. The van der Waals surface area contributed by atoms with Gasteiger partial charge in [0, 0.05) is 27.3 Å². The van der Waals surface area contributed by atoms with Crippen LogP contribution in [0.4, 0.5) is 4.79 Å². The van der Waals surface area contributed by atoms with Crippen molar-refractivity contribution in [3.63, 3.8) is 0 Å². The minimum absolute atomic E-state index is 0.481. The normalized spacial score (nSPS) is 12.6. The number of primary amides is 1. The molecule has 1 aromatic carbocycles. The van der Waals surface area contributed by atoms with Crippen LogP contribution in [-0.2, 0) is 6.42 Å². The highest BCUT2D eigenvalue weighted by Crippen LogP contribution is 2.22. The quantitative estimate of drug-likeness (QED) is 0.536. The summed E-state index contributed by atoms with van der Waals surface area (Å²) in [5.74, 6) is 0. The van der Waals surface area contributed by atoms with Gasteiger partial charge in [0.1, 0.15) is 0 Å². The number of thiophene rings is 1. The number of fused-ring (bicyclic) bond motifs is 1. The van der Waals surface area contributed by atoms with Crippen LogP contribution in [0.3, 0.4) is 0 Å². The molecule has 0 radical (unpaired) electrons. The van der Waals surface area contributed by atoms with Crippen LogP contribution < -0.4 is 5.73 Å². The van der Waals surface area contributed by atoms with E-state index in [-0.39, 0.29) is 0 Å². The van der Waals surface area contributed by atoms with Crippen molar-refractivity contribution in [3.05, 3.63) is 70.1 Å². The molecule has 0 aliphatic heterocycles. The van der Waals surface area contributed by atoms with Crippen LogP contribution in [0.15, 0.2) is 54.6 Å². The van der Waals surface area contributed by atoms with Crippen LogP contribution in [0.1, 0.15) is 22.4 Å². The number of benzene rings is 1. The first kappa shape index (κ1) is 17.1. The molecule has 0 aliphatic rings. The number of amides is 2. The van der Waals surface area contributed by atoms with Crippen LogP contribution in [0.5, 0.6) is 0 Å². The second-order valence-electron chi connectivity index (χ2n) is 5.76. The molecule has 0 unspecified atom stereocenters. The maximum atomic E-state index is 10.9. The number of pyridine rings is 1. The molecule has 6 heteroatoms. The number of para-hydroxylation sites is 1. The molecule has 0 saturated carbocycles. The average Bonchev–Trinajstić information content (AvgIpc) is 3.06. The number of carbonyl (C=O) groups excluding carboxylic acids is 1. The fourth-order valence-electron chi connectivity index (χ4n) is 2.48. The lowest BCUT2D eigenvalue weighted by Gasteiger charge is -2.16. The second-order valence-corrected chi connectivity index (χ2v) is 6.96. The Balaban J connectivity index is 1.69. The van der Waals surface area contributed by atoms with Crippen molar-refractivity contribution in [3.8, 4) is 0 Å². The molecular formula is C19H19N3O2S. The van der Waals surface area contributed by atoms with Gasteiger partial charge in [0.2, 0.25) is 0 Å². The number of aromatic nitrogens is 1. The number of nitrogens with zero attached hydrogens (tertiary/aromatic N) is 2. The van der Waals surface area contributed by atoms with E-state index in [1.54, 1.807) is 24.3 Å². The summed E-state index contributed by atoms with van der Waals surface area (Å²) in [6.07, 6.45) is 4.37. The van der Waals surface area contributed by atoms with Crippen molar-refractivity contribution < 1.29 is 10.0 Å². The van der Waals surface area contributed by atoms with Crippen LogP contribution in [0, 0.1) is 0 Å². The third-order valence-electron chi connectivity index (χ3n) is 3.84. The van der Waals surface area contributed by atoms with E-state index >= 15 is 0 Å². The lowest BCUT2D eigenvalue weighted by Crippen LogP contribution is -2.38. The predicted octanol–water partition coefficient (Wildman–Crippen LogP) is 4.06. The van der Waals surface area contributed by atoms with Crippen molar-refractivity contribution in [2.45, 2.75) is 19.4 Å². The van der Waals surface area contributed by atoms with E-state index in [1.165, 1.54) is 4.88 Å². The standard InChI is InChI=1S/C19H19N3O2S/c1-13(22(24)19(20)23)6-9-16-10-11-17(25-16)12-15-8-7-14-4-2-3-5-18(14)21-15/h2-11,13,24H,12H2,1H3,(H2,20,23)/b9-6-/t13-/m1/s1. The van der Waals surface area contributed by atoms with Crippen molar-refractivity contribution >= 4 is 34.3 Å². The van der Waals surface area contributed by atoms with E-state index in [0.717, 1.165) is 27.9 Å². The Bertz CT molecular complexity index is 920. The van der Waals surface area contributed by atoms with Gasteiger partial charge < -0.3 is 5.73 Å². The molecule has 0 aliphatic carbocycles. The molecule has 128 valence electrons. The van der Waals surface area contributed by atoms with Gasteiger partial charge in [-0.05, 0) is 37.3 Å². The Morgan fingerprint density at radius 1 is 1.28 bits per heavy atom. The fraction of sp³-hybridized carbons (Fsp3) is 0.158. The molecule has 2 heterocycles. The third-order valence-corrected chi connectivity index (χ3v) is 4.89. The molecule has 3 N–H and O–H groups in total. The summed E-state index contributed by atoms with van der Waals surface area (Å²) >= 11 is 1.65. The van der Waals surface area contributed by atoms with E-state index < -0.39 is 12.1 Å². The summed E-state index contributed by atoms with van der Waals surface area (Å²) in [5.41, 5.74) is 7.06. The summed E-state index contributed by atoms with van der Waals surface area (Å²) in [6.45, 7) is 1.69. The zero-order valence-corrected chi connectivity index (χ0v) is 14.6. The van der Waals surface area contributed by atoms with E-state index in [4.69, 9.17) is 10.7 Å². The molecule has 0 spiro atoms. The summed E-state index contributed by atoms with van der Waals surface area (Å²) < 4.78 is 0. The molecule has 2 aromatic heterocycles. The van der Waals surface area contributed by atoms with E-state index in [1.807, 2.05) is 30.3 Å². The molecule has 1 atom stereocenters. The number of hydrogen-bond acceptors (Lipinski definition) is 4. The van der Waals surface area contributed by atoms with Gasteiger partial charge in [0.05, 0.1) is 11.6 Å². The van der Waals surface area contributed by atoms with E-state index in [0.29, 0.717) is 5.06 Å². The monoisotopic (exact) mass is 353 g/mol. The first-order valence-electron chi connectivity index (χ1n) is 7.92. The molecule has 0 fully saturated rings. The molecule has 3 rings (SSSR count). The fourth-order valence-corrected chi connectivity index (χ4v) is 3.42. The molecular weight excluding hydrogens is 334 g/mol. The zero-order chi connectivity index (χ0) is 17.8. The van der Waals surface area contributed by atoms with Gasteiger partial charge in [-0.25, -0.2) is 4.79 Å². The molecule has 0 saturated heterocycles. The van der Waals surface area contributed by atoms with Gasteiger partial charge in [0.25, 0.3) is 0 Å². The van der Waals surface area contributed by atoms with Gasteiger partial charge in [-0.2, -0.15) is 5.06 Å². The number of nitrogens with two attached hydrogens (primary N) is 1. The molecule has 5 nitrogen and oxygen atoms in total.